The first-order chi connectivity index (χ1) is 8.11. The zero-order valence-electron chi connectivity index (χ0n) is 8.80. The topological polar surface area (TPSA) is 51.0 Å². The molecule has 0 saturated carbocycles. The molecule has 0 unspecified atom stereocenters. The van der Waals surface area contributed by atoms with Gasteiger partial charge in [-0.2, -0.15) is 4.98 Å². The molecule has 1 N–H and O–H groups in total. The molecule has 0 spiro atoms. The number of halogens is 3. The number of hydrogen-bond donors (Lipinski definition) is 1. The summed E-state index contributed by atoms with van der Waals surface area (Å²) in [5.41, 5.74) is -0.109. The third kappa shape index (κ3) is 2.42. The lowest BCUT2D eigenvalue weighted by Crippen LogP contribution is -2.06. The van der Waals surface area contributed by atoms with Crippen molar-refractivity contribution in [3.63, 3.8) is 0 Å². The molecule has 1 aromatic heterocycles. The van der Waals surface area contributed by atoms with Gasteiger partial charge in [0.25, 0.3) is 5.89 Å². The molecule has 90 valence electrons. The monoisotopic (exact) mass is 259 g/mol. The Bertz CT molecular complexity index is 544. The lowest BCUT2D eigenvalue weighted by Gasteiger charge is -1.99. The molecule has 0 radical (unpaired) electrons. The van der Waals surface area contributed by atoms with Gasteiger partial charge < -0.3 is 9.84 Å². The summed E-state index contributed by atoms with van der Waals surface area (Å²) < 4.78 is 31.5. The van der Waals surface area contributed by atoms with Crippen LogP contribution in [0.5, 0.6) is 0 Å². The summed E-state index contributed by atoms with van der Waals surface area (Å²) >= 11 is 5.44. The van der Waals surface area contributed by atoms with Crippen LogP contribution in [-0.2, 0) is 6.54 Å². The maximum atomic E-state index is 13.5. The predicted molar refractivity (Wildman–Crippen MR) is 57.4 cm³/mol. The van der Waals surface area contributed by atoms with E-state index in [0.717, 1.165) is 12.1 Å². The predicted octanol–water partition coefficient (Wildman–Crippen LogP) is 2.39. The summed E-state index contributed by atoms with van der Waals surface area (Å²) in [6, 6.07) is 1.79. The van der Waals surface area contributed by atoms with Gasteiger partial charge >= 0.3 is 0 Å². The summed E-state index contributed by atoms with van der Waals surface area (Å²) in [6.07, 6.45) is 0. The molecule has 0 aliphatic rings. The van der Waals surface area contributed by atoms with Gasteiger partial charge in [-0.3, -0.25) is 0 Å². The molecule has 0 atom stereocenters. The van der Waals surface area contributed by atoms with Crippen molar-refractivity contribution in [3.8, 4) is 11.5 Å². The van der Waals surface area contributed by atoms with Gasteiger partial charge in [0.15, 0.2) is 5.82 Å². The first kappa shape index (κ1) is 11.9. The van der Waals surface area contributed by atoms with E-state index in [-0.39, 0.29) is 16.5 Å². The second-order valence-corrected chi connectivity index (χ2v) is 3.70. The number of hydrogen-bond acceptors (Lipinski definition) is 4. The molecule has 0 bridgehead atoms. The van der Waals surface area contributed by atoms with Crippen LogP contribution in [0.1, 0.15) is 5.82 Å². The normalized spacial score (nSPS) is 10.8. The van der Waals surface area contributed by atoms with Gasteiger partial charge in [-0.25, -0.2) is 8.78 Å². The molecule has 1 aromatic carbocycles. The standard InChI is InChI=1S/C10H8ClF2N3O/c1-14-4-9-15-10(17-16-9)5-2-8(13)6(11)3-7(5)12/h2-3,14H,4H2,1H3. The Hall–Kier alpha value is -1.53. The van der Waals surface area contributed by atoms with Crippen molar-refractivity contribution in [3.05, 3.63) is 34.6 Å². The minimum absolute atomic E-state index is 0.0803. The van der Waals surface area contributed by atoms with E-state index in [1.165, 1.54) is 0 Å². The van der Waals surface area contributed by atoms with E-state index in [9.17, 15) is 8.78 Å². The fourth-order valence-corrected chi connectivity index (χ4v) is 1.43. The summed E-state index contributed by atoms with van der Waals surface area (Å²) in [7, 11) is 1.71. The molecule has 2 aromatic rings. The molecule has 0 saturated heterocycles. The van der Waals surface area contributed by atoms with Crippen molar-refractivity contribution in [2.75, 3.05) is 7.05 Å². The highest BCUT2D eigenvalue weighted by molar-refractivity contribution is 6.30. The van der Waals surface area contributed by atoms with E-state index < -0.39 is 11.6 Å². The molecule has 0 aliphatic carbocycles. The Balaban J connectivity index is 2.41. The average Bonchev–Trinajstić information content (AvgIpc) is 2.72. The van der Waals surface area contributed by atoms with E-state index in [0.29, 0.717) is 12.4 Å². The number of benzene rings is 1. The van der Waals surface area contributed by atoms with Crippen molar-refractivity contribution < 1.29 is 13.3 Å². The highest BCUT2D eigenvalue weighted by atomic mass is 35.5. The van der Waals surface area contributed by atoms with Gasteiger partial charge in [-0.1, -0.05) is 16.8 Å². The maximum absolute atomic E-state index is 13.5. The van der Waals surface area contributed by atoms with Crippen molar-refractivity contribution in [1.29, 1.82) is 0 Å². The fourth-order valence-electron chi connectivity index (χ4n) is 1.28. The van der Waals surface area contributed by atoms with Crippen LogP contribution in [0, 0.1) is 11.6 Å². The Morgan fingerprint density at radius 2 is 2.12 bits per heavy atom. The molecular formula is C10H8ClF2N3O. The quantitative estimate of drug-likeness (QED) is 0.860. The first-order valence-corrected chi connectivity index (χ1v) is 5.11. The van der Waals surface area contributed by atoms with Crippen LogP contribution in [0.15, 0.2) is 16.7 Å². The van der Waals surface area contributed by atoms with Gasteiger partial charge in [0, 0.05) is 0 Å². The van der Waals surface area contributed by atoms with Crippen molar-refractivity contribution in [2.45, 2.75) is 6.54 Å². The summed E-state index contributed by atoms with van der Waals surface area (Å²) in [6.45, 7) is 0.376. The number of aromatic nitrogens is 2. The van der Waals surface area contributed by atoms with Crippen LogP contribution in [0.2, 0.25) is 5.02 Å². The van der Waals surface area contributed by atoms with Gasteiger partial charge in [0.2, 0.25) is 0 Å². The zero-order chi connectivity index (χ0) is 12.4. The van der Waals surface area contributed by atoms with E-state index >= 15 is 0 Å². The molecule has 17 heavy (non-hydrogen) atoms. The van der Waals surface area contributed by atoms with Crippen LogP contribution in [0.4, 0.5) is 8.78 Å². The molecule has 0 fully saturated rings. The lowest BCUT2D eigenvalue weighted by molar-refractivity contribution is 0.418. The lowest BCUT2D eigenvalue weighted by atomic mass is 10.2. The van der Waals surface area contributed by atoms with E-state index in [1.807, 2.05) is 0 Å². The Kier molecular flexibility index (Phi) is 3.35. The zero-order valence-corrected chi connectivity index (χ0v) is 9.55. The Morgan fingerprint density at radius 3 is 2.82 bits per heavy atom. The highest BCUT2D eigenvalue weighted by Gasteiger charge is 2.16. The van der Waals surface area contributed by atoms with Gasteiger partial charge in [0.05, 0.1) is 17.1 Å². The minimum Gasteiger partial charge on any atom is -0.334 e. The number of nitrogens with zero attached hydrogens (tertiary/aromatic N) is 2. The summed E-state index contributed by atoms with van der Waals surface area (Å²) in [4.78, 5) is 3.91. The SMILES string of the molecule is CNCc1noc(-c2cc(F)c(Cl)cc2F)n1. The molecule has 7 heteroatoms. The van der Waals surface area contributed by atoms with Crippen LogP contribution in [-0.4, -0.2) is 17.2 Å². The van der Waals surface area contributed by atoms with Crippen molar-refractivity contribution in [2.24, 2.45) is 0 Å². The molecular weight excluding hydrogens is 252 g/mol. The van der Waals surface area contributed by atoms with E-state index in [4.69, 9.17) is 16.1 Å². The summed E-state index contributed by atoms with van der Waals surface area (Å²) in [5.74, 6) is -1.17. The first-order valence-electron chi connectivity index (χ1n) is 4.74. The summed E-state index contributed by atoms with van der Waals surface area (Å²) in [5, 5.41) is 6.12. The third-order valence-electron chi connectivity index (χ3n) is 2.04. The largest absolute Gasteiger partial charge is 0.334 e. The van der Waals surface area contributed by atoms with E-state index in [1.54, 1.807) is 7.05 Å². The Morgan fingerprint density at radius 1 is 1.35 bits per heavy atom. The number of nitrogens with one attached hydrogen (secondary N) is 1. The minimum atomic E-state index is -0.739. The van der Waals surface area contributed by atoms with Crippen LogP contribution in [0.3, 0.4) is 0 Å². The van der Waals surface area contributed by atoms with Crippen molar-refractivity contribution >= 4 is 11.6 Å². The molecule has 0 aliphatic heterocycles. The third-order valence-corrected chi connectivity index (χ3v) is 2.33. The van der Waals surface area contributed by atoms with Gasteiger partial charge in [-0.15, -0.1) is 0 Å². The van der Waals surface area contributed by atoms with Gasteiger partial charge in [0.1, 0.15) is 11.6 Å². The Labute approximate surface area is 101 Å². The van der Waals surface area contributed by atoms with Gasteiger partial charge in [-0.05, 0) is 19.2 Å². The van der Waals surface area contributed by atoms with E-state index in [2.05, 4.69) is 15.5 Å². The highest BCUT2D eigenvalue weighted by Crippen LogP contribution is 2.26. The molecule has 4 nitrogen and oxygen atoms in total. The molecule has 0 amide bonds. The van der Waals surface area contributed by atoms with Crippen LogP contribution < -0.4 is 5.32 Å². The average molecular weight is 260 g/mol. The molecule has 2 rings (SSSR count). The second kappa shape index (κ2) is 4.77. The number of rotatable bonds is 3. The second-order valence-electron chi connectivity index (χ2n) is 3.29. The maximum Gasteiger partial charge on any atom is 0.261 e. The molecule has 1 heterocycles. The fraction of sp³-hybridized carbons (Fsp3) is 0.200. The van der Waals surface area contributed by atoms with Crippen LogP contribution >= 0.6 is 11.6 Å². The van der Waals surface area contributed by atoms with Crippen molar-refractivity contribution in [1.82, 2.24) is 15.5 Å². The smallest absolute Gasteiger partial charge is 0.261 e. The van der Waals surface area contributed by atoms with Crippen LogP contribution in [0.25, 0.3) is 11.5 Å².